The van der Waals surface area contributed by atoms with Gasteiger partial charge in [0.05, 0.1) is 11.6 Å². The van der Waals surface area contributed by atoms with Gasteiger partial charge in [-0.1, -0.05) is 0 Å². The largest absolute Gasteiger partial charge is 0.463 e. The van der Waals surface area contributed by atoms with Crippen LogP contribution in [0.25, 0.3) is 0 Å². The van der Waals surface area contributed by atoms with Crippen LogP contribution in [0.2, 0.25) is 0 Å². The minimum absolute atomic E-state index is 0.0335. The highest BCUT2D eigenvalue weighted by Gasteiger charge is 2.32. The molecule has 6 heteroatoms. The maximum absolute atomic E-state index is 13.0. The number of hydrogen-bond acceptors (Lipinski definition) is 5. The third kappa shape index (κ3) is 3.33. The second-order valence-corrected chi connectivity index (χ2v) is 6.84. The zero-order chi connectivity index (χ0) is 16.4. The van der Waals surface area contributed by atoms with E-state index in [0.717, 1.165) is 36.5 Å². The summed E-state index contributed by atoms with van der Waals surface area (Å²) < 4.78 is 10.7. The van der Waals surface area contributed by atoms with Gasteiger partial charge in [0.25, 0.3) is 5.91 Å². The van der Waals surface area contributed by atoms with Gasteiger partial charge in [0.15, 0.2) is 0 Å². The number of aryl methyl sites for hydroxylation is 2. The Bertz CT molecular complexity index is 692. The van der Waals surface area contributed by atoms with Gasteiger partial charge in [-0.05, 0) is 39.2 Å². The Balaban J connectivity index is 1.86. The summed E-state index contributed by atoms with van der Waals surface area (Å²) in [6.07, 6.45) is 3.14. The number of likely N-dealkylation sites (tertiary alicyclic amines) is 1. The predicted octanol–water partition coefficient (Wildman–Crippen LogP) is 3.87. The number of thiazole rings is 1. The zero-order valence-electron chi connectivity index (χ0n) is 13.8. The van der Waals surface area contributed by atoms with Crippen LogP contribution in [0.3, 0.4) is 0 Å². The van der Waals surface area contributed by atoms with E-state index in [1.165, 1.54) is 0 Å². The van der Waals surface area contributed by atoms with E-state index in [2.05, 4.69) is 4.98 Å². The van der Waals surface area contributed by atoms with Gasteiger partial charge in [-0.15, -0.1) is 11.3 Å². The lowest BCUT2D eigenvalue weighted by Gasteiger charge is -2.34. The lowest BCUT2D eigenvalue weighted by atomic mass is 10.0. The monoisotopic (exact) mass is 334 g/mol. The number of hydrogen-bond donors (Lipinski definition) is 0. The molecule has 3 heterocycles. The Labute approximate surface area is 140 Å². The standard InChI is InChI=1S/C17H22N2O3S/c1-11-10-23-16(18-11)15-6-4-5-7-19(15)17(20)14-8-13(9-21-3)22-12(14)2/h8,10,15H,4-7,9H2,1-3H3. The molecule has 3 rings (SSSR count). The molecule has 1 aliphatic heterocycles. The number of nitrogens with zero attached hydrogens (tertiary/aromatic N) is 2. The summed E-state index contributed by atoms with van der Waals surface area (Å²) in [5, 5.41) is 3.08. The Kier molecular flexibility index (Phi) is 4.82. The molecule has 0 radical (unpaired) electrons. The molecule has 124 valence electrons. The summed E-state index contributed by atoms with van der Waals surface area (Å²) in [5.41, 5.74) is 1.65. The average molecular weight is 334 g/mol. The second kappa shape index (κ2) is 6.84. The maximum atomic E-state index is 13.0. The van der Waals surface area contributed by atoms with E-state index < -0.39 is 0 Å². The van der Waals surface area contributed by atoms with Crippen LogP contribution in [0.15, 0.2) is 15.9 Å². The molecule has 2 aromatic heterocycles. The van der Waals surface area contributed by atoms with Crippen LogP contribution in [0.5, 0.6) is 0 Å². The van der Waals surface area contributed by atoms with Crippen molar-refractivity contribution in [2.24, 2.45) is 0 Å². The molecule has 0 saturated carbocycles. The SMILES string of the molecule is COCc1cc(C(=O)N2CCCCC2c2nc(C)cs2)c(C)o1. The fraction of sp³-hybridized carbons (Fsp3) is 0.529. The van der Waals surface area contributed by atoms with E-state index in [1.54, 1.807) is 24.5 Å². The average Bonchev–Trinajstić information content (AvgIpc) is 3.13. The molecule has 0 aromatic carbocycles. The van der Waals surface area contributed by atoms with Crippen molar-refractivity contribution in [2.75, 3.05) is 13.7 Å². The van der Waals surface area contributed by atoms with Gasteiger partial charge in [0.2, 0.25) is 0 Å². The van der Waals surface area contributed by atoms with Gasteiger partial charge in [0, 0.05) is 24.7 Å². The van der Waals surface area contributed by atoms with Crippen LogP contribution in [-0.2, 0) is 11.3 Å². The number of methoxy groups -OCH3 is 1. The number of carbonyl (C=O) groups is 1. The maximum Gasteiger partial charge on any atom is 0.257 e. The molecule has 1 aliphatic rings. The van der Waals surface area contributed by atoms with Gasteiger partial charge < -0.3 is 14.1 Å². The van der Waals surface area contributed by atoms with Crippen molar-refractivity contribution >= 4 is 17.2 Å². The summed E-state index contributed by atoms with van der Waals surface area (Å²) >= 11 is 1.64. The quantitative estimate of drug-likeness (QED) is 0.852. The van der Waals surface area contributed by atoms with Gasteiger partial charge in [-0.2, -0.15) is 0 Å². The molecule has 0 bridgehead atoms. The fourth-order valence-corrected chi connectivity index (χ4v) is 4.02. The second-order valence-electron chi connectivity index (χ2n) is 5.95. The molecule has 2 aromatic rings. The highest BCUT2D eigenvalue weighted by atomic mass is 32.1. The number of rotatable bonds is 4. The molecular weight excluding hydrogens is 312 g/mol. The predicted molar refractivity (Wildman–Crippen MR) is 88.6 cm³/mol. The number of aromatic nitrogens is 1. The molecule has 5 nitrogen and oxygen atoms in total. The third-order valence-electron chi connectivity index (χ3n) is 4.17. The van der Waals surface area contributed by atoms with Gasteiger partial charge in [-0.3, -0.25) is 4.79 Å². The molecule has 1 fully saturated rings. The van der Waals surface area contributed by atoms with Crippen LogP contribution < -0.4 is 0 Å². The number of piperidine rings is 1. The summed E-state index contributed by atoms with van der Waals surface area (Å²) in [7, 11) is 1.62. The number of amides is 1. The lowest BCUT2D eigenvalue weighted by Crippen LogP contribution is -2.38. The molecule has 1 atom stereocenters. The topological polar surface area (TPSA) is 55.6 Å². The first-order valence-electron chi connectivity index (χ1n) is 7.91. The smallest absolute Gasteiger partial charge is 0.257 e. The van der Waals surface area contributed by atoms with Crippen LogP contribution in [0.1, 0.15) is 57.9 Å². The molecule has 1 saturated heterocycles. The first kappa shape index (κ1) is 16.2. The van der Waals surface area contributed by atoms with Crippen molar-refractivity contribution in [2.45, 2.75) is 45.8 Å². The van der Waals surface area contributed by atoms with Crippen LogP contribution in [0, 0.1) is 13.8 Å². The van der Waals surface area contributed by atoms with Crippen LogP contribution >= 0.6 is 11.3 Å². The van der Waals surface area contributed by atoms with Crippen molar-refractivity contribution in [3.05, 3.63) is 39.2 Å². The fourth-order valence-electron chi connectivity index (χ4n) is 3.08. The first-order chi connectivity index (χ1) is 11.1. The summed E-state index contributed by atoms with van der Waals surface area (Å²) in [6, 6.07) is 1.88. The molecular formula is C17H22N2O3S. The van der Waals surface area contributed by atoms with E-state index in [0.29, 0.717) is 23.7 Å². The van der Waals surface area contributed by atoms with E-state index in [4.69, 9.17) is 9.15 Å². The normalized spacial score (nSPS) is 18.4. The van der Waals surface area contributed by atoms with Crippen molar-refractivity contribution in [3.8, 4) is 0 Å². The van der Waals surface area contributed by atoms with E-state index in [9.17, 15) is 4.79 Å². The van der Waals surface area contributed by atoms with Crippen molar-refractivity contribution in [3.63, 3.8) is 0 Å². The lowest BCUT2D eigenvalue weighted by molar-refractivity contribution is 0.0609. The van der Waals surface area contributed by atoms with Crippen molar-refractivity contribution < 1.29 is 13.9 Å². The molecule has 0 spiro atoms. The van der Waals surface area contributed by atoms with Gasteiger partial charge in [-0.25, -0.2) is 4.98 Å². The summed E-state index contributed by atoms with van der Waals surface area (Å²) in [4.78, 5) is 19.6. The minimum Gasteiger partial charge on any atom is -0.463 e. The highest BCUT2D eigenvalue weighted by Crippen LogP contribution is 2.34. The van der Waals surface area contributed by atoms with Crippen LogP contribution in [-0.4, -0.2) is 29.4 Å². The Morgan fingerprint density at radius 2 is 2.30 bits per heavy atom. The van der Waals surface area contributed by atoms with Gasteiger partial charge >= 0.3 is 0 Å². The molecule has 1 unspecified atom stereocenters. The molecule has 23 heavy (non-hydrogen) atoms. The molecule has 1 amide bonds. The summed E-state index contributed by atoms with van der Waals surface area (Å²) in [5.74, 6) is 1.37. The van der Waals surface area contributed by atoms with Crippen molar-refractivity contribution in [1.82, 2.24) is 9.88 Å². The third-order valence-corrected chi connectivity index (χ3v) is 5.24. The Morgan fingerprint density at radius 1 is 1.48 bits per heavy atom. The van der Waals surface area contributed by atoms with E-state index in [1.807, 2.05) is 24.1 Å². The molecule has 0 N–H and O–H groups in total. The number of ether oxygens (including phenoxy) is 1. The van der Waals surface area contributed by atoms with E-state index >= 15 is 0 Å². The highest BCUT2D eigenvalue weighted by molar-refractivity contribution is 7.09. The van der Waals surface area contributed by atoms with Gasteiger partial charge in [0.1, 0.15) is 23.1 Å². The summed E-state index contributed by atoms with van der Waals surface area (Å²) in [6.45, 7) is 4.97. The Morgan fingerprint density at radius 3 is 3.00 bits per heavy atom. The zero-order valence-corrected chi connectivity index (χ0v) is 14.6. The number of furan rings is 1. The van der Waals surface area contributed by atoms with E-state index in [-0.39, 0.29) is 11.9 Å². The first-order valence-corrected chi connectivity index (χ1v) is 8.79. The van der Waals surface area contributed by atoms with Crippen molar-refractivity contribution in [1.29, 1.82) is 0 Å². The molecule has 0 aliphatic carbocycles. The minimum atomic E-state index is 0.0335. The van der Waals surface area contributed by atoms with Crippen LogP contribution in [0.4, 0.5) is 0 Å². The Hall–Kier alpha value is -1.66. The number of carbonyl (C=O) groups excluding carboxylic acids is 1.